The lowest BCUT2D eigenvalue weighted by atomic mass is 9.99. The molecule has 0 unspecified atom stereocenters. The number of benzene rings is 2. The number of hydrogen-bond donors (Lipinski definition) is 1. The van der Waals surface area contributed by atoms with E-state index in [1.54, 1.807) is 42.0 Å². The van der Waals surface area contributed by atoms with E-state index in [2.05, 4.69) is 11.3 Å². The minimum atomic E-state index is -3.03. The van der Waals surface area contributed by atoms with Gasteiger partial charge in [-0.3, -0.25) is 4.79 Å². The Morgan fingerprint density at radius 2 is 1.95 bits per heavy atom. The average Bonchev–Trinajstić information content (AvgIpc) is 3.69. The van der Waals surface area contributed by atoms with Crippen molar-refractivity contribution in [1.82, 2.24) is 4.57 Å². The fourth-order valence-corrected chi connectivity index (χ4v) is 4.61. The summed E-state index contributed by atoms with van der Waals surface area (Å²) in [5.74, 6) is -0.0671. The van der Waals surface area contributed by atoms with Crippen molar-refractivity contribution >= 4 is 40.1 Å². The second-order valence-electron chi connectivity index (χ2n) is 9.38. The minimum Gasteiger partial charge on any atom is -0.508 e. The van der Waals surface area contributed by atoms with E-state index >= 15 is 0 Å². The van der Waals surface area contributed by atoms with Crippen LogP contribution < -0.4 is 9.47 Å². The van der Waals surface area contributed by atoms with Gasteiger partial charge in [-0.15, -0.1) is 0 Å². The number of hydrogen-bond acceptors (Lipinski definition) is 5. The van der Waals surface area contributed by atoms with Crippen LogP contribution in [-0.2, 0) is 16.1 Å². The third kappa shape index (κ3) is 7.58. The number of nitrogens with zero attached hydrogens (tertiary/aromatic N) is 1. The van der Waals surface area contributed by atoms with E-state index in [0.29, 0.717) is 28.7 Å². The smallest absolute Gasteiger partial charge is 0.387 e. The summed E-state index contributed by atoms with van der Waals surface area (Å²) in [5.41, 5.74) is 1.71. The Morgan fingerprint density at radius 3 is 2.62 bits per heavy atom. The first-order valence-corrected chi connectivity index (χ1v) is 13.5. The van der Waals surface area contributed by atoms with Crippen molar-refractivity contribution in [2.45, 2.75) is 45.4 Å². The van der Waals surface area contributed by atoms with Crippen LogP contribution in [0.3, 0.4) is 0 Å². The SMILES string of the molecule is C=C/C(Cl)=C(C[C@H](OC(=O)Cn1ccc2cc(O)ccc21)c1ccc(OC(F)F)c(OCC2CC2)c1)\C(Cl)=C/C. The summed E-state index contributed by atoms with van der Waals surface area (Å²) >= 11 is 12.9. The van der Waals surface area contributed by atoms with Crippen LogP contribution >= 0.6 is 23.2 Å². The highest BCUT2D eigenvalue weighted by Gasteiger charge is 2.26. The van der Waals surface area contributed by atoms with Crippen LogP contribution in [0.2, 0.25) is 0 Å². The van der Waals surface area contributed by atoms with Crippen molar-refractivity contribution in [3.05, 3.63) is 88.6 Å². The molecule has 1 saturated carbocycles. The van der Waals surface area contributed by atoms with Gasteiger partial charge in [-0.25, -0.2) is 0 Å². The number of ether oxygens (including phenoxy) is 3. The molecule has 4 rings (SSSR count). The summed E-state index contributed by atoms with van der Waals surface area (Å²) in [7, 11) is 0. The highest BCUT2D eigenvalue weighted by molar-refractivity contribution is 6.36. The number of rotatable bonds is 13. The molecule has 0 amide bonds. The summed E-state index contributed by atoms with van der Waals surface area (Å²) < 4.78 is 44.3. The molecule has 1 aromatic heterocycles. The molecule has 1 aliphatic rings. The van der Waals surface area contributed by atoms with Gasteiger partial charge in [0.25, 0.3) is 0 Å². The molecule has 0 spiro atoms. The lowest BCUT2D eigenvalue weighted by Gasteiger charge is -2.22. The van der Waals surface area contributed by atoms with Gasteiger partial charge in [-0.1, -0.05) is 48.0 Å². The van der Waals surface area contributed by atoms with Crippen molar-refractivity contribution in [2.24, 2.45) is 5.92 Å². The molecule has 1 heterocycles. The third-order valence-electron chi connectivity index (χ3n) is 6.45. The fraction of sp³-hybridized carbons (Fsp3) is 0.300. The van der Waals surface area contributed by atoms with Crippen molar-refractivity contribution in [3.8, 4) is 17.2 Å². The minimum absolute atomic E-state index is 0.0805. The summed E-state index contributed by atoms with van der Waals surface area (Å²) in [6.07, 6.45) is 6.01. The highest BCUT2D eigenvalue weighted by atomic mass is 35.5. The van der Waals surface area contributed by atoms with E-state index in [0.717, 1.165) is 23.7 Å². The number of aromatic hydroxyl groups is 1. The van der Waals surface area contributed by atoms with E-state index in [4.69, 9.17) is 32.7 Å². The molecule has 1 atom stereocenters. The molecule has 1 fully saturated rings. The summed E-state index contributed by atoms with van der Waals surface area (Å²) in [5, 5.41) is 11.1. The van der Waals surface area contributed by atoms with Gasteiger partial charge in [0.15, 0.2) is 11.5 Å². The Labute approximate surface area is 241 Å². The van der Waals surface area contributed by atoms with Crippen LogP contribution in [-0.4, -0.2) is 28.9 Å². The Balaban J connectivity index is 1.66. The quantitative estimate of drug-likeness (QED) is 0.160. The van der Waals surface area contributed by atoms with Crippen molar-refractivity contribution in [3.63, 3.8) is 0 Å². The largest absolute Gasteiger partial charge is 0.508 e. The van der Waals surface area contributed by atoms with Crippen LogP contribution in [0.4, 0.5) is 8.78 Å². The summed E-state index contributed by atoms with van der Waals surface area (Å²) in [4.78, 5) is 13.2. The van der Waals surface area contributed by atoms with Crippen molar-refractivity contribution < 1.29 is 32.9 Å². The van der Waals surface area contributed by atoms with E-state index in [9.17, 15) is 18.7 Å². The highest BCUT2D eigenvalue weighted by Crippen LogP contribution is 2.39. The fourth-order valence-electron chi connectivity index (χ4n) is 4.20. The zero-order valence-corrected chi connectivity index (χ0v) is 23.3. The summed E-state index contributed by atoms with van der Waals surface area (Å²) in [6, 6.07) is 11.1. The second kappa shape index (κ2) is 13.2. The number of alkyl halides is 2. The number of phenols is 1. The van der Waals surface area contributed by atoms with Gasteiger partial charge in [-0.05, 0) is 73.2 Å². The molecule has 0 saturated heterocycles. The van der Waals surface area contributed by atoms with Gasteiger partial charge in [0.05, 0.1) is 6.61 Å². The Kier molecular flexibility index (Phi) is 9.76. The average molecular weight is 592 g/mol. The van der Waals surface area contributed by atoms with Gasteiger partial charge < -0.3 is 23.9 Å². The number of aromatic nitrogens is 1. The maximum atomic E-state index is 13.2. The molecule has 6 nitrogen and oxygen atoms in total. The molecule has 10 heteroatoms. The zero-order valence-electron chi connectivity index (χ0n) is 21.8. The van der Waals surface area contributed by atoms with Crippen LogP contribution in [0.5, 0.6) is 17.2 Å². The Hall–Kier alpha value is -3.49. The maximum Gasteiger partial charge on any atom is 0.387 e. The first-order chi connectivity index (χ1) is 19.2. The molecule has 1 N–H and O–H groups in total. The molecule has 3 aromatic rings. The van der Waals surface area contributed by atoms with E-state index in [1.165, 1.54) is 30.3 Å². The second-order valence-corrected chi connectivity index (χ2v) is 10.2. The van der Waals surface area contributed by atoms with Crippen LogP contribution in [0.1, 0.15) is 37.9 Å². The third-order valence-corrected chi connectivity index (χ3v) is 7.28. The first kappa shape index (κ1) is 29.5. The summed E-state index contributed by atoms with van der Waals surface area (Å²) in [6.45, 7) is 2.67. The van der Waals surface area contributed by atoms with E-state index in [1.807, 2.05) is 0 Å². The molecular weight excluding hydrogens is 563 g/mol. The van der Waals surface area contributed by atoms with Gasteiger partial charge in [0, 0.05) is 33.6 Å². The number of esters is 1. The van der Waals surface area contributed by atoms with Crippen LogP contribution in [0, 0.1) is 5.92 Å². The van der Waals surface area contributed by atoms with Crippen LogP contribution in [0.25, 0.3) is 10.9 Å². The Bertz CT molecular complexity index is 1450. The molecule has 0 bridgehead atoms. The molecule has 0 aliphatic heterocycles. The van der Waals surface area contributed by atoms with E-state index < -0.39 is 18.7 Å². The molecule has 212 valence electrons. The molecule has 2 aromatic carbocycles. The number of carbonyl (C=O) groups excluding carboxylic acids is 1. The predicted molar refractivity (Wildman–Crippen MR) is 151 cm³/mol. The molecular formula is C30H29Cl2F2NO5. The molecule has 40 heavy (non-hydrogen) atoms. The number of fused-ring (bicyclic) bond motifs is 1. The van der Waals surface area contributed by atoms with Gasteiger partial charge in [0.1, 0.15) is 18.4 Å². The molecule has 0 radical (unpaired) electrons. The monoisotopic (exact) mass is 591 g/mol. The lowest BCUT2D eigenvalue weighted by molar-refractivity contribution is -0.150. The van der Waals surface area contributed by atoms with Crippen LogP contribution in [0.15, 0.2) is 83.0 Å². The Morgan fingerprint density at radius 1 is 1.18 bits per heavy atom. The number of phenolic OH excluding ortho intramolecular Hbond substituents is 1. The molecule has 1 aliphatic carbocycles. The normalized spacial score (nSPS) is 15.1. The van der Waals surface area contributed by atoms with E-state index in [-0.39, 0.29) is 35.2 Å². The van der Waals surface area contributed by atoms with Crippen molar-refractivity contribution in [2.75, 3.05) is 6.61 Å². The maximum absolute atomic E-state index is 13.2. The number of allylic oxidation sites excluding steroid dienone is 4. The van der Waals surface area contributed by atoms with Gasteiger partial charge >= 0.3 is 12.6 Å². The topological polar surface area (TPSA) is 69.9 Å². The first-order valence-electron chi connectivity index (χ1n) is 12.7. The standard InChI is InChI=1S/C30H29Cl2F2NO5/c1-3-23(31)22(24(32)4-2)15-27(39-29(37)16-35-12-11-19-13-21(36)8-9-25(19)35)20-7-10-26(40-30(33)34)28(14-20)38-17-18-5-6-18/h3-4,7-14,18,27,30,36H,1,5-6,15-17H2,2H3/b23-22+,24-4+/t27-/m0/s1. The van der Waals surface area contributed by atoms with Gasteiger partial charge in [0.2, 0.25) is 0 Å². The van der Waals surface area contributed by atoms with Gasteiger partial charge in [-0.2, -0.15) is 8.78 Å². The number of carbonyl (C=O) groups is 1. The van der Waals surface area contributed by atoms with Crippen molar-refractivity contribution in [1.29, 1.82) is 0 Å². The number of halogens is 4. The lowest BCUT2D eigenvalue weighted by Crippen LogP contribution is -2.18. The zero-order chi connectivity index (χ0) is 28.8. The predicted octanol–water partition coefficient (Wildman–Crippen LogP) is 8.23.